The zero-order chi connectivity index (χ0) is 40.0. The first-order chi connectivity index (χ1) is 29.2. The lowest BCUT2D eigenvalue weighted by molar-refractivity contribution is -0.0255. The molecule has 12 aliphatic rings. The van der Waals surface area contributed by atoms with Crippen LogP contribution in [0.1, 0.15) is 132 Å². The highest BCUT2D eigenvalue weighted by atomic mass is 16.5. The summed E-state index contributed by atoms with van der Waals surface area (Å²) in [5, 5.41) is 0. The molecular formula is C54H63N3O3. The first kappa shape index (κ1) is 36.3. The fourth-order valence-corrected chi connectivity index (χ4v) is 17.9. The quantitative estimate of drug-likeness (QED) is 0.146. The molecule has 60 heavy (non-hydrogen) atoms. The van der Waals surface area contributed by atoms with Crippen molar-refractivity contribution in [2.24, 2.45) is 53.3 Å². The molecule has 4 aromatic rings. The second-order valence-corrected chi connectivity index (χ2v) is 22.7. The third-order valence-electron chi connectivity index (χ3n) is 18.3. The standard InChI is InChI=1S/C54H63N3O3/c55-40-4-1-7-43(19-40)58-49-47(53-25-34-13-35(26-53)15-36(14-34)27-53)46(52-22-31-10-32(23-52)12-33(11-31)24-52)48(54-28-37-16-38(29-54)18-39(17-37)30-54)50(59-44-8-2-5-41(56)20-44)51(49)60-45-9-3-6-42(57)21-45/h1-9,19-21,31-39H,10-18,22-30,55-57H2. The number of hydrogen-bond acceptors (Lipinski definition) is 6. The maximum absolute atomic E-state index is 7.65. The zero-order valence-corrected chi connectivity index (χ0v) is 35.3. The van der Waals surface area contributed by atoms with Gasteiger partial charge in [0.2, 0.25) is 5.75 Å². The Balaban J connectivity index is 1.18. The molecule has 6 heteroatoms. The van der Waals surface area contributed by atoms with Crippen LogP contribution < -0.4 is 31.4 Å². The van der Waals surface area contributed by atoms with Gasteiger partial charge < -0.3 is 31.4 Å². The zero-order valence-electron chi connectivity index (χ0n) is 35.3. The summed E-state index contributed by atoms with van der Waals surface area (Å²) in [6.07, 6.45) is 24.0. The minimum atomic E-state index is 0.0175. The van der Waals surface area contributed by atoms with Crippen LogP contribution in [0.15, 0.2) is 72.8 Å². The molecule has 12 bridgehead atoms. The van der Waals surface area contributed by atoms with Crippen molar-refractivity contribution >= 4 is 17.1 Å². The van der Waals surface area contributed by atoms with Crippen molar-refractivity contribution < 1.29 is 14.2 Å². The van der Waals surface area contributed by atoms with Gasteiger partial charge in [0.1, 0.15) is 17.2 Å². The first-order valence-electron chi connectivity index (χ1n) is 24.0. The Bertz CT molecular complexity index is 2160. The highest BCUT2D eigenvalue weighted by Gasteiger charge is 2.62. The SMILES string of the molecule is Nc1cccc(Oc2c(Oc3cccc(N)c3)c(C34CC5CC(CC(C5)C3)C4)c(C34CC5CC(CC(C5)C3)C4)c(C34CC5CC(CC(C5)C3)C4)c2Oc2cccc(N)c2)c1. The van der Waals surface area contributed by atoms with Gasteiger partial charge in [0.25, 0.3) is 0 Å². The van der Waals surface area contributed by atoms with Crippen molar-refractivity contribution in [1.29, 1.82) is 0 Å². The van der Waals surface area contributed by atoms with Crippen LogP contribution in [0.5, 0.6) is 34.5 Å². The van der Waals surface area contributed by atoms with E-state index in [4.69, 9.17) is 31.4 Å². The van der Waals surface area contributed by atoms with Crippen LogP contribution in [-0.2, 0) is 16.2 Å². The molecule has 0 saturated heterocycles. The van der Waals surface area contributed by atoms with Gasteiger partial charge in [-0.05, 0) is 216 Å². The Morgan fingerprint density at radius 3 is 0.850 bits per heavy atom. The molecule has 12 aliphatic carbocycles. The van der Waals surface area contributed by atoms with E-state index in [-0.39, 0.29) is 16.2 Å². The van der Waals surface area contributed by atoms with Gasteiger partial charge in [-0.3, -0.25) is 0 Å². The summed E-state index contributed by atoms with van der Waals surface area (Å²) in [5.74, 6) is 11.7. The predicted molar refractivity (Wildman–Crippen MR) is 239 cm³/mol. The van der Waals surface area contributed by atoms with Crippen LogP contribution in [0.2, 0.25) is 0 Å². The Kier molecular flexibility index (Phi) is 7.93. The van der Waals surface area contributed by atoms with Crippen molar-refractivity contribution in [1.82, 2.24) is 0 Å². The minimum Gasteiger partial charge on any atom is -0.453 e. The monoisotopic (exact) mass is 801 g/mol. The molecule has 0 atom stereocenters. The molecule has 312 valence electrons. The number of nitrogens with two attached hydrogens (primary N) is 3. The number of benzene rings is 4. The van der Waals surface area contributed by atoms with Crippen LogP contribution >= 0.6 is 0 Å². The average molecular weight is 802 g/mol. The van der Waals surface area contributed by atoms with Crippen LogP contribution in [-0.4, -0.2) is 0 Å². The van der Waals surface area contributed by atoms with Gasteiger partial charge in [-0.15, -0.1) is 0 Å². The normalized spacial score (nSPS) is 38.7. The van der Waals surface area contributed by atoms with E-state index < -0.39 is 0 Å². The third kappa shape index (κ3) is 5.77. The van der Waals surface area contributed by atoms with Gasteiger partial charge in [0.15, 0.2) is 11.5 Å². The highest BCUT2D eigenvalue weighted by molar-refractivity contribution is 5.73. The molecule has 6 N–H and O–H groups in total. The summed E-state index contributed by atoms with van der Waals surface area (Å²) < 4.78 is 22.8. The minimum absolute atomic E-state index is 0.0175. The second-order valence-electron chi connectivity index (χ2n) is 22.7. The number of ether oxygens (including phenoxy) is 3. The van der Waals surface area contributed by atoms with Gasteiger partial charge in [-0.2, -0.15) is 0 Å². The van der Waals surface area contributed by atoms with Gasteiger partial charge in [0, 0.05) is 57.2 Å². The van der Waals surface area contributed by atoms with E-state index in [1.165, 1.54) is 127 Å². The van der Waals surface area contributed by atoms with Crippen LogP contribution in [0.25, 0.3) is 0 Å². The smallest absolute Gasteiger partial charge is 0.212 e. The van der Waals surface area contributed by atoms with Crippen LogP contribution in [0, 0.1) is 53.3 Å². The summed E-state index contributed by atoms with van der Waals surface area (Å²) in [4.78, 5) is 0. The van der Waals surface area contributed by atoms with Crippen molar-refractivity contribution in [2.45, 2.75) is 132 Å². The molecule has 0 unspecified atom stereocenters. The second kappa shape index (κ2) is 13.1. The molecule has 0 spiro atoms. The summed E-state index contributed by atoms with van der Waals surface area (Å²) in [6.45, 7) is 0. The van der Waals surface area contributed by atoms with Crippen molar-refractivity contribution in [2.75, 3.05) is 17.2 Å². The Hall–Kier alpha value is -4.32. The molecule has 0 heterocycles. The maximum Gasteiger partial charge on any atom is 0.212 e. The third-order valence-corrected chi connectivity index (χ3v) is 18.3. The Morgan fingerprint density at radius 2 is 0.583 bits per heavy atom. The van der Waals surface area contributed by atoms with Crippen LogP contribution in [0.4, 0.5) is 17.1 Å². The van der Waals surface area contributed by atoms with E-state index in [0.717, 1.165) is 82.0 Å². The van der Waals surface area contributed by atoms with E-state index in [1.54, 1.807) is 5.56 Å². The number of rotatable bonds is 9. The molecular weight excluding hydrogens is 739 g/mol. The molecule has 0 amide bonds. The maximum atomic E-state index is 7.65. The largest absolute Gasteiger partial charge is 0.453 e. The average Bonchev–Trinajstić information content (AvgIpc) is 3.17. The molecule has 0 aromatic heterocycles. The van der Waals surface area contributed by atoms with E-state index in [0.29, 0.717) is 22.8 Å². The molecule has 4 aromatic carbocycles. The molecule has 12 fully saturated rings. The van der Waals surface area contributed by atoms with E-state index in [1.807, 2.05) is 60.7 Å². The van der Waals surface area contributed by atoms with E-state index in [9.17, 15) is 0 Å². The summed E-state index contributed by atoms with van der Waals surface area (Å²) in [5.41, 5.74) is 26.7. The number of anilines is 3. The van der Waals surface area contributed by atoms with Crippen LogP contribution in [0.3, 0.4) is 0 Å². The van der Waals surface area contributed by atoms with Crippen molar-refractivity contribution in [3.8, 4) is 34.5 Å². The fourth-order valence-electron chi connectivity index (χ4n) is 17.9. The van der Waals surface area contributed by atoms with Crippen molar-refractivity contribution in [3.05, 3.63) is 89.5 Å². The van der Waals surface area contributed by atoms with Gasteiger partial charge >= 0.3 is 0 Å². The molecule has 0 aliphatic heterocycles. The molecule has 12 saturated carbocycles. The number of nitrogen functional groups attached to an aromatic ring is 3. The topological polar surface area (TPSA) is 106 Å². The lowest BCUT2D eigenvalue weighted by Gasteiger charge is -2.63. The molecule has 16 rings (SSSR count). The lowest BCUT2D eigenvalue weighted by atomic mass is 9.41. The summed E-state index contributed by atoms with van der Waals surface area (Å²) in [6, 6.07) is 24.1. The predicted octanol–water partition coefficient (Wildman–Crippen LogP) is 13.2. The highest BCUT2D eigenvalue weighted by Crippen LogP contribution is 2.73. The Labute approximate surface area is 356 Å². The lowest BCUT2D eigenvalue weighted by Crippen LogP contribution is -2.55. The molecule has 0 radical (unpaired) electrons. The van der Waals surface area contributed by atoms with E-state index >= 15 is 0 Å². The van der Waals surface area contributed by atoms with Crippen molar-refractivity contribution in [3.63, 3.8) is 0 Å². The van der Waals surface area contributed by atoms with Gasteiger partial charge in [-0.1, -0.05) is 18.2 Å². The summed E-state index contributed by atoms with van der Waals surface area (Å²) in [7, 11) is 0. The van der Waals surface area contributed by atoms with Gasteiger partial charge in [0.05, 0.1) is 0 Å². The Morgan fingerprint density at radius 1 is 0.333 bits per heavy atom. The molecule has 6 nitrogen and oxygen atoms in total. The fraction of sp³-hybridized carbons (Fsp3) is 0.556. The van der Waals surface area contributed by atoms with E-state index in [2.05, 4.69) is 12.1 Å². The summed E-state index contributed by atoms with van der Waals surface area (Å²) >= 11 is 0. The first-order valence-corrected chi connectivity index (χ1v) is 24.0. The van der Waals surface area contributed by atoms with Gasteiger partial charge in [-0.25, -0.2) is 0 Å². The number of hydrogen-bond donors (Lipinski definition) is 3.